The molecule has 0 aliphatic heterocycles. The fourth-order valence-electron chi connectivity index (χ4n) is 1.76. The summed E-state index contributed by atoms with van der Waals surface area (Å²) in [6, 6.07) is 2.23. The first-order valence-corrected chi connectivity index (χ1v) is 6.93. The molecule has 1 nitrogen and oxygen atoms in total. The molecular weight excluding hydrogens is 206 g/mol. The molecule has 0 saturated carbocycles. The van der Waals surface area contributed by atoms with Crippen molar-refractivity contribution in [3.63, 3.8) is 0 Å². The highest BCUT2D eigenvalue weighted by Crippen LogP contribution is 2.17. The van der Waals surface area contributed by atoms with E-state index < -0.39 is 0 Å². The van der Waals surface area contributed by atoms with E-state index in [1.165, 1.54) is 17.7 Å². The molecule has 0 saturated heterocycles. The van der Waals surface area contributed by atoms with Crippen LogP contribution in [0.3, 0.4) is 0 Å². The van der Waals surface area contributed by atoms with E-state index in [1.807, 2.05) is 27.7 Å². The van der Waals surface area contributed by atoms with E-state index in [2.05, 4.69) is 48.1 Å². The fourth-order valence-corrected chi connectivity index (χ4v) is 1.76. The topological polar surface area (TPSA) is 4.93 Å². The molecule has 0 fully saturated rings. The summed E-state index contributed by atoms with van der Waals surface area (Å²) in [6.07, 6.45) is 13.1. The molecule has 0 atom stereocenters. The first-order chi connectivity index (χ1) is 8.42. The van der Waals surface area contributed by atoms with Crippen LogP contribution in [-0.4, -0.2) is 4.57 Å². The number of rotatable bonds is 2. The molecule has 0 N–H and O–H groups in total. The largest absolute Gasteiger partial charge is 0.348 e. The maximum Gasteiger partial charge on any atom is 0.0442 e. The number of fused-ring (bicyclic) bond motifs is 1. The molecule has 1 heterocycles. The quantitative estimate of drug-likeness (QED) is 0.671. The van der Waals surface area contributed by atoms with Crippen molar-refractivity contribution < 1.29 is 0 Å². The van der Waals surface area contributed by atoms with Crippen LogP contribution in [0.2, 0.25) is 0 Å². The molecule has 17 heavy (non-hydrogen) atoms. The van der Waals surface area contributed by atoms with Crippen LogP contribution < -0.4 is 0 Å². The second-order valence-corrected chi connectivity index (χ2v) is 3.41. The van der Waals surface area contributed by atoms with Crippen molar-refractivity contribution in [3.8, 4) is 0 Å². The number of allylic oxidation sites excluding steroid dienone is 3. The summed E-state index contributed by atoms with van der Waals surface area (Å²) in [5.41, 5.74) is 2.82. The van der Waals surface area contributed by atoms with Crippen molar-refractivity contribution in [2.45, 2.75) is 54.0 Å². The summed E-state index contributed by atoms with van der Waals surface area (Å²) in [6.45, 7) is 11.3. The van der Waals surface area contributed by atoms with Gasteiger partial charge in [0.05, 0.1) is 0 Å². The third-order valence-electron chi connectivity index (χ3n) is 2.40. The standard InChI is InChI=1S/C12H15N.2C2H6/c1-2-9-13-10-8-11-6-4-3-5-7-12(11)13;2*1-2/h3-5,7-8,10H,2,6,9H2,1H3;2*1-2H3. The maximum atomic E-state index is 2.33. The van der Waals surface area contributed by atoms with Gasteiger partial charge in [0.2, 0.25) is 0 Å². The number of hydrogen-bond donors (Lipinski definition) is 0. The second kappa shape index (κ2) is 9.95. The van der Waals surface area contributed by atoms with Crippen LogP contribution in [0.5, 0.6) is 0 Å². The summed E-state index contributed by atoms with van der Waals surface area (Å²) in [4.78, 5) is 0. The Labute approximate surface area is 107 Å². The van der Waals surface area contributed by atoms with Gasteiger partial charge < -0.3 is 4.57 Å². The van der Waals surface area contributed by atoms with Gasteiger partial charge in [-0.1, -0.05) is 52.8 Å². The van der Waals surface area contributed by atoms with Gasteiger partial charge in [0.15, 0.2) is 0 Å². The van der Waals surface area contributed by atoms with Crippen LogP contribution in [0, 0.1) is 0 Å². The van der Waals surface area contributed by atoms with Gasteiger partial charge in [-0.05, 0) is 30.5 Å². The van der Waals surface area contributed by atoms with Crippen molar-refractivity contribution >= 4 is 6.08 Å². The minimum atomic E-state index is 1.07. The molecule has 0 amide bonds. The molecule has 1 aliphatic carbocycles. The van der Waals surface area contributed by atoms with Gasteiger partial charge in [-0.2, -0.15) is 0 Å². The van der Waals surface area contributed by atoms with Gasteiger partial charge in [0.1, 0.15) is 0 Å². The summed E-state index contributed by atoms with van der Waals surface area (Å²) in [5.74, 6) is 0. The zero-order valence-corrected chi connectivity index (χ0v) is 12.0. The van der Waals surface area contributed by atoms with Crippen molar-refractivity contribution in [1.82, 2.24) is 4.57 Å². The van der Waals surface area contributed by atoms with Gasteiger partial charge in [0.25, 0.3) is 0 Å². The number of nitrogens with zero attached hydrogens (tertiary/aromatic N) is 1. The summed E-state index contributed by atoms with van der Waals surface area (Å²) in [7, 11) is 0. The van der Waals surface area contributed by atoms with E-state index in [1.54, 1.807) is 0 Å². The first kappa shape index (κ1) is 15.8. The Balaban J connectivity index is 0.000000581. The number of aromatic nitrogens is 1. The average molecular weight is 233 g/mol. The zero-order valence-electron chi connectivity index (χ0n) is 12.0. The fraction of sp³-hybridized carbons (Fsp3) is 0.500. The van der Waals surface area contributed by atoms with Crippen LogP contribution in [-0.2, 0) is 13.0 Å². The lowest BCUT2D eigenvalue weighted by atomic mass is 10.2. The Morgan fingerprint density at radius 1 is 1.12 bits per heavy atom. The zero-order chi connectivity index (χ0) is 13.1. The molecular formula is C16H27N. The summed E-state index contributed by atoms with van der Waals surface area (Å²) >= 11 is 0. The highest BCUT2D eigenvalue weighted by molar-refractivity contribution is 5.54. The Morgan fingerprint density at radius 2 is 1.82 bits per heavy atom. The SMILES string of the molecule is CC.CC.CCCn1ccc2c1C=CC=CC2. The smallest absolute Gasteiger partial charge is 0.0442 e. The Bertz CT molecular complexity index is 342. The van der Waals surface area contributed by atoms with E-state index in [-0.39, 0.29) is 0 Å². The van der Waals surface area contributed by atoms with Gasteiger partial charge in [0, 0.05) is 18.4 Å². The summed E-state index contributed by atoms with van der Waals surface area (Å²) < 4.78 is 2.33. The third-order valence-corrected chi connectivity index (χ3v) is 2.40. The van der Waals surface area contributed by atoms with Gasteiger partial charge in [-0.3, -0.25) is 0 Å². The minimum Gasteiger partial charge on any atom is -0.348 e. The lowest BCUT2D eigenvalue weighted by Crippen LogP contribution is -1.98. The Kier molecular flexibility index (Phi) is 9.22. The monoisotopic (exact) mass is 233 g/mol. The highest BCUT2D eigenvalue weighted by atomic mass is 15.0. The van der Waals surface area contributed by atoms with Crippen LogP contribution in [0.15, 0.2) is 30.5 Å². The number of aryl methyl sites for hydroxylation is 1. The molecule has 0 aromatic carbocycles. The molecule has 1 aromatic heterocycles. The maximum absolute atomic E-state index is 2.33. The lowest BCUT2D eigenvalue weighted by Gasteiger charge is -2.04. The van der Waals surface area contributed by atoms with E-state index >= 15 is 0 Å². The number of hydrogen-bond acceptors (Lipinski definition) is 0. The normalized spacial score (nSPS) is 11.6. The van der Waals surface area contributed by atoms with Crippen LogP contribution in [0.1, 0.15) is 52.3 Å². The molecule has 0 spiro atoms. The predicted molar refractivity (Wildman–Crippen MR) is 79.3 cm³/mol. The average Bonchev–Trinajstić information content (AvgIpc) is 2.65. The molecule has 1 heteroatoms. The summed E-state index contributed by atoms with van der Waals surface area (Å²) in [5, 5.41) is 0. The minimum absolute atomic E-state index is 1.07. The van der Waals surface area contributed by atoms with Crippen molar-refractivity contribution in [2.24, 2.45) is 0 Å². The Hall–Kier alpha value is -1.24. The highest BCUT2D eigenvalue weighted by Gasteiger charge is 2.05. The first-order valence-electron chi connectivity index (χ1n) is 6.93. The van der Waals surface area contributed by atoms with Crippen molar-refractivity contribution in [3.05, 3.63) is 41.7 Å². The van der Waals surface area contributed by atoms with Crippen LogP contribution in [0.4, 0.5) is 0 Å². The van der Waals surface area contributed by atoms with Gasteiger partial charge in [-0.15, -0.1) is 0 Å². The lowest BCUT2D eigenvalue weighted by molar-refractivity contribution is 0.677. The Morgan fingerprint density at radius 3 is 2.47 bits per heavy atom. The van der Waals surface area contributed by atoms with Crippen LogP contribution in [0.25, 0.3) is 6.08 Å². The molecule has 0 radical (unpaired) electrons. The molecule has 1 aromatic rings. The van der Waals surface area contributed by atoms with Crippen molar-refractivity contribution in [2.75, 3.05) is 0 Å². The van der Waals surface area contributed by atoms with E-state index in [0.29, 0.717) is 0 Å². The van der Waals surface area contributed by atoms with E-state index in [4.69, 9.17) is 0 Å². The predicted octanol–water partition coefficient (Wildman–Crippen LogP) is 5.08. The van der Waals surface area contributed by atoms with Crippen LogP contribution >= 0.6 is 0 Å². The van der Waals surface area contributed by atoms with Gasteiger partial charge in [-0.25, -0.2) is 0 Å². The van der Waals surface area contributed by atoms with E-state index in [9.17, 15) is 0 Å². The van der Waals surface area contributed by atoms with E-state index in [0.717, 1.165) is 13.0 Å². The van der Waals surface area contributed by atoms with Gasteiger partial charge >= 0.3 is 0 Å². The molecule has 1 aliphatic rings. The third kappa shape index (κ3) is 4.64. The molecule has 0 bridgehead atoms. The molecule has 96 valence electrons. The van der Waals surface area contributed by atoms with Crippen molar-refractivity contribution in [1.29, 1.82) is 0 Å². The molecule has 0 unspecified atom stereocenters. The second-order valence-electron chi connectivity index (χ2n) is 3.41. The molecule has 2 rings (SSSR count).